The number of halogens is 4. The number of benzene rings is 1. The van der Waals surface area contributed by atoms with Gasteiger partial charge >= 0.3 is 12.1 Å². The zero-order valence-electron chi connectivity index (χ0n) is 10.3. The average molecular weight is 320 g/mol. The Labute approximate surface area is 120 Å². The van der Waals surface area contributed by atoms with Crippen LogP contribution in [0.25, 0.3) is 0 Å². The Bertz CT molecular complexity index is 657. The number of carboxylic acids is 1. The van der Waals surface area contributed by atoms with Gasteiger partial charge in [0.25, 0.3) is 0 Å². The second-order valence-electron chi connectivity index (χ2n) is 4.18. The Kier molecular flexibility index (Phi) is 4.21. The molecule has 0 bridgehead atoms. The summed E-state index contributed by atoms with van der Waals surface area (Å²) in [5.41, 5.74) is 0.353. The molecule has 0 amide bonds. The van der Waals surface area contributed by atoms with Gasteiger partial charge in [0.05, 0.1) is 0 Å². The summed E-state index contributed by atoms with van der Waals surface area (Å²) < 4.78 is 53.5. The van der Waals surface area contributed by atoms with Gasteiger partial charge in [-0.15, -0.1) is 0 Å². The van der Waals surface area contributed by atoms with Crippen molar-refractivity contribution in [3.05, 3.63) is 46.5 Å². The van der Waals surface area contributed by atoms with Crippen molar-refractivity contribution in [1.82, 2.24) is 9.36 Å². The average Bonchev–Trinajstić information content (AvgIpc) is 2.84. The lowest BCUT2D eigenvalue weighted by Crippen LogP contribution is -2.15. The molecule has 21 heavy (non-hydrogen) atoms. The molecule has 1 aromatic carbocycles. The van der Waals surface area contributed by atoms with E-state index in [1.165, 1.54) is 18.2 Å². The first kappa shape index (κ1) is 15.4. The van der Waals surface area contributed by atoms with E-state index in [0.717, 1.165) is 6.07 Å². The topological polar surface area (TPSA) is 63.1 Å². The number of carboxylic acid groups (broad SMARTS) is 1. The molecule has 1 N–H and O–H groups in total. The van der Waals surface area contributed by atoms with Gasteiger partial charge in [-0.05, 0) is 35.6 Å². The van der Waals surface area contributed by atoms with Crippen LogP contribution in [0.5, 0.6) is 0 Å². The highest BCUT2D eigenvalue weighted by molar-refractivity contribution is 7.05. The monoisotopic (exact) mass is 320 g/mol. The van der Waals surface area contributed by atoms with Crippen molar-refractivity contribution in [2.75, 3.05) is 0 Å². The number of rotatable bonds is 4. The normalized spacial score (nSPS) is 13.1. The van der Waals surface area contributed by atoms with Crippen LogP contribution >= 0.6 is 11.5 Å². The summed E-state index contributed by atoms with van der Waals surface area (Å²) in [6.07, 6.45) is -4.89. The first-order valence-corrected chi connectivity index (χ1v) is 6.43. The molecule has 4 nitrogen and oxygen atoms in total. The molecule has 0 aliphatic rings. The zero-order valence-corrected chi connectivity index (χ0v) is 11.1. The van der Waals surface area contributed by atoms with Crippen LogP contribution in [0, 0.1) is 5.82 Å². The molecular formula is C12H8F4N2O2S. The molecule has 1 unspecified atom stereocenters. The molecule has 0 radical (unpaired) electrons. The van der Waals surface area contributed by atoms with Crippen LogP contribution in [0.1, 0.15) is 22.3 Å². The van der Waals surface area contributed by atoms with E-state index in [-0.39, 0.29) is 11.4 Å². The zero-order chi connectivity index (χ0) is 15.6. The van der Waals surface area contributed by atoms with Gasteiger partial charge < -0.3 is 5.11 Å². The first-order valence-electron chi connectivity index (χ1n) is 5.65. The Morgan fingerprint density at radius 1 is 1.38 bits per heavy atom. The molecule has 1 atom stereocenters. The molecule has 2 rings (SSSR count). The third-order valence-electron chi connectivity index (χ3n) is 2.62. The van der Waals surface area contributed by atoms with E-state index in [9.17, 15) is 22.4 Å². The molecule has 1 heterocycles. The summed E-state index contributed by atoms with van der Waals surface area (Å²) in [6, 6.07) is 5.20. The molecule has 0 aliphatic heterocycles. The van der Waals surface area contributed by atoms with E-state index in [0.29, 0.717) is 17.1 Å². The molecule has 112 valence electrons. The van der Waals surface area contributed by atoms with Gasteiger partial charge in [-0.1, -0.05) is 12.1 Å². The lowest BCUT2D eigenvalue weighted by molar-refractivity contribution is -0.145. The van der Waals surface area contributed by atoms with E-state index in [1.54, 1.807) is 0 Å². The fourth-order valence-corrected chi connectivity index (χ4v) is 2.43. The number of alkyl halides is 3. The number of nitrogens with zero attached hydrogens (tertiary/aromatic N) is 2. The minimum Gasteiger partial charge on any atom is -0.481 e. The highest BCUT2D eigenvalue weighted by Gasteiger charge is 2.37. The molecule has 0 saturated carbocycles. The third kappa shape index (κ3) is 3.75. The lowest BCUT2D eigenvalue weighted by Gasteiger charge is -2.09. The minimum absolute atomic E-state index is 0.167. The first-order chi connectivity index (χ1) is 9.77. The lowest BCUT2D eigenvalue weighted by atomic mass is 10.00. The van der Waals surface area contributed by atoms with Crippen LogP contribution in [0.3, 0.4) is 0 Å². The maximum Gasteiger partial charge on any atom is 0.452 e. The Morgan fingerprint density at radius 3 is 2.62 bits per heavy atom. The molecular weight excluding hydrogens is 312 g/mol. The maximum atomic E-state index is 13.1. The van der Waals surface area contributed by atoms with Crippen LogP contribution in [0.15, 0.2) is 24.3 Å². The minimum atomic E-state index is -4.73. The van der Waals surface area contributed by atoms with Gasteiger partial charge in [0.2, 0.25) is 5.82 Å². The second kappa shape index (κ2) is 5.76. The van der Waals surface area contributed by atoms with Crippen LogP contribution < -0.4 is 0 Å². The van der Waals surface area contributed by atoms with E-state index in [4.69, 9.17) is 5.11 Å². The van der Waals surface area contributed by atoms with Crippen molar-refractivity contribution < 1.29 is 27.5 Å². The quantitative estimate of drug-likeness (QED) is 0.879. The summed E-state index contributed by atoms with van der Waals surface area (Å²) in [6.45, 7) is 0. The maximum absolute atomic E-state index is 13.1. The van der Waals surface area contributed by atoms with E-state index in [2.05, 4.69) is 9.36 Å². The molecule has 9 heteroatoms. The highest BCUT2D eigenvalue weighted by Crippen LogP contribution is 2.31. The highest BCUT2D eigenvalue weighted by atomic mass is 32.1. The van der Waals surface area contributed by atoms with Crippen molar-refractivity contribution in [1.29, 1.82) is 0 Å². The predicted octanol–water partition coefficient (Wildman–Crippen LogP) is 3.11. The van der Waals surface area contributed by atoms with Crippen molar-refractivity contribution in [2.24, 2.45) is 0 Å². The van der Waals surface area contributed by atoms with Gasteiger partial charge in [0.1, 0.15) is 16.7 Å². The molecule has 0 saturated heterocycles. The summed E-state index contributed by atoms with van der Waals surface area (Å²) in [7, 11) is 0. The van der Waals surface area contributed by atoms with E-state index < -0.39 is 29.7 Å². The Hall–Kier alpha value is -2.03. The van der Waals surface area contributed by atoms with E-state index in [1.807, 2.05) is 0 Å². The Balaban J connectivity index is 2.27. The van der Waals surface area contributed by atoms with Crippen LogP contribution in [0.2, 0.25) is 0 Å². The van der Waals surface area contributed by atoms with Crippen molar-refractivity contribution in [3.63, 3.8) is 0 Å². The third-order valence-corrected chi connectivity index (χ3v) is 3.45. The van der Waals surface area contributed by atoms with Crippen molar-refractivity contribution in [3.8, 4) is 0 Å². The van der Waals surface area contributed by atoms with Crippen LogP contribution in [0.4, 0.5) is 17.6 Å². The fraction of sp³-hybridized carbons (Fsp3) is 0.250. The summed E-state index contributed by atoms with van der Waals surface area (Å²) >= 11 is 0.381. The largest absolute Gasteiger partial charge is 0.481 e. The van der Waals surface area contributed by atoms with Gasteiger partial charge in [-0.2, -0.15) is 17.5 Å². The fourth-order valence-electron chi connectivity index (χ4n) is 1.67. The molecule has 0 spiro atoms. The number of aromatic nitrogens is 2. The predicted molar refractivity (Wildman–Crippen MR) is 65.4 cm³/mol. The summed E-state index contributed by atoms with van der Waals surface area (Å²) in [5.74, 6) is -4.57. The van der Waals surface area contributed by atoms with Gasteiger partial charge in [0.15, 0.2) is 0 Å². The number of hydrogen-bond donors (Lipinski definition) is 1. The number of hydrogen-bond acceptors (Lipinski definition) is 4. The van der Waals surface area contributed by atoms with Crippen LogP contribution in [-0.4, -0.2) is 20.4 Å². The Morgan fingerprint density at radius 2 is 2.10 bits per heavy atom. The van der Waals surface area contributed by atoms with Gasteiger partial charge in [0, 0.05) is 0 Å². The summed E-state index contributed by atoms with van der Waals surface area (Å²) in [5, 5.41) is 8.87. The van der Waals surface area contributed by atoms with Crippen molar-refractivity contribution in [2.45, 2.75) is 18.5 Å². The summed E-state index contributed by atoms with van der Waals surface area (Å²) in [4.78, 5) is 14.4. The molecule has 1 aromatic heterocycles. The van der Waals surface area contributed by atoms with Gasteiger partial charge in [-0.25, -0.2) is 9.37 Å². The van der Waals surface area contributed by atoms with E-state index >= 15 is 0 Å². The second-order valence-corrected chi connectivity index (χ2v) is 4.96. The van der Waals surface area contributed by atoms with Crippen molar-refractivity contribution >= 4 is 17.5 Å². The number of carbonyl (C=O) groups is 1. The van der Waals surface area contributed by atoms with Gasteiger partial charge in [-0.3, -0.25) is 4.79 Å². The molecule has 0 aliphatic carbocycles. The SMILES string of the molecule is O=C(O)C(Cc1cccc(F)c1)c1nc(C(F)(F)F)ns1. The van der Waals surface area contributed by atoms with Crippen LogP contribution in [-0.2, 0) is 17.4 Å². The standard InChI is InChI=1S/C12H8F4N2O2S/c13-7-3-1-2-6(4-7)5-8(10(19)20)9-17-11(18-21-9)12(14,15)16/h1-4,8H,5H2,(H,19,20). The molecule has 2 aromatic rings. The smallest absolute Gasteiger partial charge is 0.452 e. The molecule has 0 fully saturated rings. The number of aliphatic carboxylic acids is 1.